The normalized spacial score (nSPS) is 13.7. The molecule has 1 aliphatic heterocycles. The van der Waals surface area contributed by atoms with Gasteiger partial charge in [-0.1, -0.05) is 6.07 Å². The zero-order valence-corrected chi connectivity index (χ0v) is 59.9. The monoisotopic (exact) mass is 1460 g/mol. The third-order valence-electron chi connectivity index (χ3n) is 17.5. The number of carbonyl (C=O) groups excluding carboxylic acids is 2. The molecule has 0 spiro atoms. The van der Waals surface area contributed by atoms with Crippen LogP contribution in [-0.2, 0) is 28.9 Å². The highest BCUT2D eigenvalue weighted by Gasteiger charge is 2.30. The number of aryl methyl sites for hydroxylation is 3. The van der Waals surface area contributed by atoms with Crippen LogP contribution in [0.5, 0.6) is 34.9 Å². The standard InChI is InChI=1S/C27H28N6O6S.C24H26N6O4.C22H23N7O3/c1-15-30-21-6-4-16(12-23(21)38-15)19-14-29-25-24(19)26(39-17-8-10-37-11-9-17)33-27(32-25)31-20-7-5-18(13-22(20)36-3)40(34,35)28-2;1-30-9-7-15(13-30)17-12-26-21-20(17)23(34-16-4-5-16)29-24(28-21)27-18-6-3-14(11-19(18)33-2)22(32)25-8-10-31;1-23-20(30)12-4-7-16(17(10-12)31-3)25-22-26-19-18(21(27-22)32-13-5-6-13)14(11-24-19)15-8-9-29(2)28-15/h4-7,12-14,17,28H,8-11H2,1-3H3,(H2,29,31,32,33);3,6-7,9,11-13,16,31H,4-5,8,10H2,1-2H3,(H,25,32)(H2,26,27,28,29);4,7-11,13H,5-6H2,1-3H3,(H,23,30)(H2,24,25,26,27). The molecule has 2 amide bonds. The van der Waals surface area contributed by atoms with Crippen molar-refractivity contribution < 1.29 is 60.7 Å². The van der Waals surface area contributed by atoms with Gasteiger partial charge in [0.25, 0.3) is 11.8 Å². The summed E-state index contributed by atoms with van der Waals surface area (Å²) in [4.78, 5) is 66.4. The largest absolute Gasteiger partial charge is 0.495 e. The Bertz CT molecular complexity index is 5520. The number of methoxy groups -OCH3 is 3. The number of aliphatic hydroxyl groups excluding tert-OH is 1. The quantitative estimate of drug-likeness (QED) is 0.0269. The zero-order chi connectivity index (χ0) is 73.8. The van der Waals surface area contributed by atoms with E-state index in [1.165, 1.54) is 33.4 Å². The Morgan fingerprint density at radius 2 is 1.09 bits per heavy atom. The number of amides is 2. The number of anilines is 6. The summed E-state index contributed by atoms with van der Waals surface area (Å²) in [5.74, 6) is 3.78. The van der Waals surface area contributed by atoms with Gasteiger partial charge < -0.3 is 88.8 Å². The molecule has 9 aromatic heterocycles. The number of ether oxygens (including phenoxy) is 7. The van der Waals surface area contributed by atoms with Crippen LogP contribution in [-0.4, -0.2) is 170 Å². The molecule has 0 bridgehead atoms. The summed E-state index contributed by atoms with van der Waals surface area (Å²) in [6.07, 6.45) is 17.3. The molecule has 2 aliphatic carbocycles. The minimum absolute atomic E-state index is 0.0672. The van der Waals surface area contributed by atoms with Crippen LogP contribution < -0.4 is 59.7 Å². The van der Waals surface area contributed by atoms with Gasteiger partial charge in [-0.2, -0.15) is 35.0 Å². The minimum atomic E-state index is -3.64. The zero-order valence-electron chi connectivity index (χ0n) is 59.1. The van der Waals surface area contributed by atoms with Gasteiger partial charge in [0.15, 0.2) is 11.5 Å². The predicted molar refractivity (Wildman–Crippen MR) is 396 cm³/mol. The molecule has 16 rings (SSSR count). The molecule has 2 saturated carbocycles. The number of benzene rings is 4. The Balaban J connectivity index is 0.000000135. The van der Waals surface area contributed by atoms with Gasteiger partial charge in [-0.15, -0.1) is 0 Å². The maximum atomic E-state index is 12.3. The number of nitrogens with zero attached hydrogens (tertiary/aromatic N) is 10. The van der Waals surface area contributed by atoms with Gasteiger partial charge in [0.2, 0.25) is 45.5 Å². The molecule has 32 nitrogen and oxygen atoms in total. The van der Waals surface area contributed by atoms with E-state index < -0.39 is 10.0 Å². The first-order chi connectivity index (χ1) is 51.4. The highest BCUT2D eigenvalue weighted by atomic mass is 32.2. The molecule has 3 fully saturated rings. The van der Waals surface area contributed by atoms with Crippen molar-refractivity contribution >= 4 is 101 Å². The van der Waals surface area contributed by atoms with Crippen LogP contribution in [0.15, 0.2) is 131 Å². The van der Waals surface area contributed by atoms with E-state index >= 15 is 0 Å². The van der Waals surface area contributed by atoms with Crippen molar-refractivity contribution in [2.75, 3.05) is 77.7 Å². The molecule has 33 heteroatoms. The van der Waals surface area contributed by atoms with Gasteiger partial charge in [-0.3, -0.25) is 14.3 Å². The number of hydrogen-bond donors (Lipinski definition) is 10. The summed E-state index contributed by atoms with van der Waals surface area (Å²) in [6, 6.07) is 24.5. The predicted octanol–water partition coefficient (Wildman–Crippen LogP) is 10.3. The molecule has 0 radical (unpaired) electrons. The average Bonchev–Trinajstić information content (AvgIpc) is 1.61. The summed E-state index contributed by atoms with van der Waals surface area (Å²) in [7, 11) is 7.68. The van der Waals surface area contributed by atoms with E-state index in [4.69, 9.17) is 52.6 Å². The van der Waals surface area contributed by atoms with E-state index in [9.17, 15) is 18.0 Å². The summed E-state index contributed by atoms with van der Waals surface area (Å²) in [5, 5.41) is 30.5. The fraction of sp³-hybridized carbons (Fsp3) is 0.288. The number of aromatic nitrogens is 13. The van der Waals surface area contributed by atoms with Gasteiger partial charge in [0, 0.05) is 124 Å². The number of sulfonamides is 1. The summed E-state index contributed by atoms with van der Waals surface area (Å²) in [5.41, 5.74) is 11.5. The Hall–Kier alpha value is -12.3. The number of aliphatic hydroxyl groups is 1. The van der Waals surface area contributed by atoms with Crippen LogP contribution in [0.3, 0.4) is 0 Å². The Morgan fingerprint density at radius 1 is 0.585 bits per heavy atom. The van der Waals surface area contributed by atoms with Crippen LogP contribution in [0.4, 0.5) is 34.9 Å². The van der Waals surface area contributed by atoms with Crippen molar-refractivity contribution in [1.29, 1.82) is 0 Å². The maximum absolute atomic E-state index is 12.3. The molecule has 548 valence electrons. The lowest BCUT2D eigenvalue weighted by molar-refractivity contribution is 0.0244. The lowest BCUT2D eigenvalue weighted by Crippen LogP contribution is -2.26. The Morgan fingerprint density at radius 3 is 1.58 bits per heavy atom. The molecule has 3 aliphatic rings. The van der Waals surface area contributed by atoms with E-state index in [2.05, 4.69) is 76.3 Å². The molecule has 10 N–H and O–H groups in total. The van der Waals surface area contributed by atoms with Gasteiger partial charge >= 0.3 is 0 Å². The first-order valence-corrected chi connectivity index (χ1v) is 35.6. The Labute approximate surface area is 606 Å². The summed E-state index contributed by atoms with van der Waals surface area (Å²) in [6.45, 7) is 3.10. The van der Waals surface area contributed by atoms with Crippen LogP contribution in [0, 0.1) is 6.92 Å². The third-order valence-corrected chi connectivity index (χ3v) is 18.9. The molecule has 4 aromatic carbocycles. The number of aromatic amines is 3. The number of rotatable bonds is 24. The van der Waals surface area contributed by atoms with E-state index in [1.54, 1.807) is 61.3 Å². The van der Waals surface area contributed by atoms with Gasteiger partial charge in [-0.25, -0.2) is 18.1 Å². The molecular formula is C73H77N19O13S. The number of oxazole rings is 1. The topological polar surface area (TPSA) is 399 Å². The second-order valence-corrected chi connectivity index (χ2v) is 27.0. The van der Waals surface area contributed by atoms with Crippen LogP contribution >= 0.6 is 0 Å². The minimum Gasteiger partial charge on any atom is -0.495 e. The highest BCUT2D eigenvalue weighted by Crippen LogP contribution is 2.43. The van der Waals surface area contributed by atoms with Crippen molar-refractivity contribution in [3.63, 3.8) is 0 Å². The van der Waals surface area contributed by atoms with Gasteiger partial charge in [0.05, 0.1) is 85.0 Å². The van der Waals surface area contributed by atoms with E-state index in [1.807, 2.05) is 93.1 Å². The average molecular weight is 1460 g/mol. The van der Waals surface area contributed by atoms with E-state index in [0.29, 0.717) is 117 Å². The molecule has 1 saturated heterocycles. The Kier molecular flexibility index (Phi) is 20.4. The molecule has 106 heavy (non-hydrogen) atoms. The fourth-order valence-electron chi connectivity index (χ4n) is 11.9. The van der Waals surface area contributed by atoms with Gasteiger partial charge in [-0.05, 0) is 111 Å². The van der Waals surface area contributed by atoms with Crippen LogP contribution in [0.1, 0.15) is 65.1 Å². The highest BCUT2D eigenvalue weighted by molar-refractivity contribution is 7.89. The van der Waals surface area contributed by atoms with Crippen molar-refractivity contribution in [2.45, 2.75) is 68.7 Å². The van der Waals surface area contributed by atoms with Crippen LogP contribution in [0.25, 0.3) is 77.7 Å². The smallest absolute Gasteiger partial charge is 0.251 e. The number of carbonyl (C=O) groups is 2. The third kappa shape index (κ3) is 15.6. The molecule has 0 atom stereocenters. The van der Waals surface area contributed by atoms with Crippen molar-refractivity contribution in [3.05, 3.63) is 139 Å². The molecule has 10 heterocycles. The maximum Gasteiger partial charge on any atom is 0.251 e. The van der Waals surface area contributed by atoms with Crippen molar-refractivity contribution in [1.82, 2.24) is 79.5 Å². The number of nitrogens with one attached hydrogen (secondary N) is 9. The van der Waals surface area contributed by atoms with Crippen molar-refractivity contribution in [2.24, 2.45) is 14.1 Å². The second kappa shape index (κ2) is 30.5. The van der Waals surface area contributed by atoms with E-state index in [0.717, 1.165) is 93.7 Å². The first kappa shape index (κ1) is 70.7. The van der Waals surface area contributed by atoms with Crippen molar-refractivity contribution in [3.8, 4) is 68.4 Å². The molecule has 0 unspecified atom stereocenters. The molecule has 13 aromatic rings. The second-order valence-electron chi connectivity index (χ2n) is 25.1. The lowest BCUT2D eigenvalue weighted by Gasteiger charge is -2.23. The van der Waals surface area contributed by atoms with E-state index in [-0.39, 0.29) is 54.1 Å². The number of fused-ring (bicyclic) bond motifs is 4. The summed E-state index contributed by atoms with van der Waals surface area (Å²) >= 11 is 0. The number of hydrogen-bond acceptors (Lipinski definition) is 24. The molecular weight excluding hydrogens is 1380 g/mol. The number of H-pyrrole nitrogens is 3. The SMILES string of the molecule is CNC(=O)c1ccc(Nc2nc(OC3CC3)c3c(-c4ccn(C)n4)c[nH]c3n2)c(OC)c1.CNS(=O)(=O)c1ccc(Nc2nc(OC3CCOCC3)c3c(-c4ccc5nc(C)oc5c4)c[nH]c3n2)c(OC)c1.COc1cc(C(=O)NCCO)ccc1Nc1nc(OC2CC2)c2c(-c3ccn(C)c3)c[nH]c2n1. The fourth-order valence-corrected chi connectivity index (χ4v) is 12.6. The lowest BCUT2D eigenvalue weighted by atomic mass is 10.1. The van der Waals surface area contributed by atoms with Crippen LogP contribution in [0.2, 0.25) is 0 Å². The first-order valence-electron chi connectivity index (χ1n) is 34.1. The van der Waals surface area contributed by atoms with Gasteiger partial charge in [0.1, 0.15) is 58.0 Å². The summed E-state index contributed by atoms with van der Waals surface area (Å²) < 4.78 is 77.0.